The average Bonchev–Trinajstić information content (AvgIpc) is 3.39. The van der Waals surface area contributed by atoms with E-state index in [1.807, 2.05) is 31.3 Å². The second-order valence-corrected chi connectivity index (χ2v) is 12.1. The zero-order valence-corrected chi connectivity index (χ0v) is 24.6. The van der Waals surface area contributed by atoms with Gasteiger partial charge in [-0.2, -0.15) is 0 Å². The van der Waals surface area contributed by atoms with E-state index in [0.717, 1.165) is 50.1 Å². The van der Waals surface area contributed by atoms with Gasteiger partial charge in [-0.1, -0.05) is 30.3 Å². The molecule has 8 nitrogen and oxygen atoms in total. The van der Waals surface area contributed by atoms with Crippen LogP contribution in [-0.4, -0.2) is 76.5 Å². The van der Waals surface area contributed by atoms with E-state index in [4.69, 9.17) is 13.9 Å². The largest absolute Gasteiger partial charge is 0.440 e. The molecular formula is C33H33N3O5S. The SMILES string of the molecule is CC1COCCN1c1cc(=O)c2cccc(-c3cccc4c3sc3ccc(N(C)C(=O)CN5CCOCC5)cc34)c2o1. The number of para-hydroxylation sites is 1. The molecule has 42 heavy (non-hydrogen) atoms. The molecule has 3 aromatic carbocycles. The fourth-order valence-corrected chi connectivity index (χ4v) is 7.19. The van der Waals surface area contributed by atoms with Crippen LogP contribution in [0.5, 0.6) is 0 Å². The first-order valence-electron chi connectivity index (χ1n) is 14.4. The maximum atomic E-state index is 13.3. The van der Waals surface area contributed by atoms with Crippen molar-refractivity contribution in [2.45, 2.75) is 13.0 Å². The second-order valence-electron chi connectivity index (χ2n) is 11.1. The molecular weight excluding hydrogens is 550 g/mol. The Morgan fingerprint density at radius 2 is 1.69 bits per heavy atom. The van der Waals surface area contributed by atoms with Gasteiger partial charge in [0.2, 0.25) is 5.91 Å². The summed E-state index contributed by atoms with van der Waals surface area (Å²) >= 11 is 1.71. The summed E-state index contributed by atoms with van der Waals surface area (Å²) in [5, 5.41) is 2.78. The fraction of sp³-hybridized carbons (Fsp3) is 0.333. The fourth-order valence-electron chi connectivity index (χ4n) is 5.98. The van der Waals surface area contributed by atoms with Gasteiger partial charge >= 0.3 is 0 Å². The van der Waals surface area contributed by atoms with Crippen LogP contribution in [0.4, 0.5) is 11.6 Å². The van der Waals surface area contributed by atoms with Crippen LogP contribution in [0.15, 0.2) is 69.9 Å². The molecule has 9 heteroatoms. The third kappa shape index (κ3) is 4.86. The Labute approximate surface area is 247 Å². The minimum atomic E-state index is -0.0512. The van der Waals surface area contributed by atoms with E-state index in [1.165, 1.54) is 0 Å². The lowest BCUT2D eigenvalue weighted by Crippen LogP contribution is -2.44. The van der Waals surface area contributed by atoms with Crippen molar-refractivity contribution in [3.8, 4) is 11.1 Å². The summed E-state index contributed by atoms with van der Waals surface area (Å²) in [6, 6.07) is 20.0. The van der Waals surface area contributed by atoms with E-state index in [1.54, 1.807) is 22.3 Å². The van der Waals surface area contributed by atoms with Gasteiger partial charge in [0, 0.05) is 69.7 Å². The predicted molar refractivity (Wildman–Crippen MR) is 169 cm³/mol. The number of nitrogens with zero attached hydrogens (tertiary/aromatic N) is 3. The lowest BCUT2D eigenvalue weighted by atomic mass is 10.0. The summed E-state index contributed by atoms with van der Waals surface area (Å²) in [6.45, 7) is 7.22. The lowest BCUT2D eigenvalue weighted by Gasteiger charge is -2.33. The zero-order chi connectivity index (χ0) is 28.8. The van der Waals surface area contributed by atoms with Crippen LogP contribution in [0.3, 0.4) is 0 Å². The molecule has 1 atom stereocenters. The van der Waals surface area contributed by atoms with E-state index in [-0.39, 0.29) is 17.4 Å². The van der Waals surface area contributed by atoms with Crippen molar-refractivity contribution in [1.29, 1.82) is 0 Å². The van der Waals surface area contributed by atoms with Gasteiger partial charge in [0.1, 0.15) is 5.58 Å². The average molecular weight is 584 g/mol. The second kappa shape index (κ2) is 11.1. The molecule has 216 valence electrons. The summed E-state index contributed by atoms with van der Waals surface area (Å²) in [5.74, 6) is 0.640. The lowest BCUT2D eigenvalue weighted by molar-refractivity contribution is -0.120. The number of thiophene rings is 1. The van der Waals surface area contributed by atoms with E-state index < -0.39 is 0 Å². The smallest absolute Gasteiger partial charge is 0.240 e. The highest BCUT2D eigenvalue weighted by Gasteiger charge is 2.24. The predicted octanol–water partition coefficient (Wildman–Crippen LogP) is 5.35. The first-order valence-corrected chi connectivity index (χ1v) is 15.2. The summed E-state index contributed by atoms with van der Waals surface area (Å²) in [5.41, 5.74) is 3.32. The van der Waals surface area contributed by atoms with Gasteiger partial charge in [-0.15, -0.1) is 11.3 Å². The van der Waals surface area contributed by atoms with Gasteiger partial charge in [-0.25, -0.2) is 0 Å². The van der Waals surface area contributed by atoms with Crippen LogP contribution in [-0.2, 0) is 14.3 Å². The van der Waals surface area contributed by atoms with Crippen molar-refractivity contribution in [3.63, 3.8) is 0 Å². The molecule has 1 unspecified atom stereocenters. The highest BCUT2D eigenvalue weighted by molar-refractivity contribution is 7.26. The van der Waals surface area contributed by atoms with E-state index in [9.17, 15) is 9.59 Å². The summed E-state index contributed by atoms with van der Waals surface area (Å²) in [4.78, 5) is 32.4. The molecule has 2 saturated heterocycles. The molecule has 4 heterocycles. The van der Waals surface area contributed by atoms with Gasteiger partial charge in [0.25, 0.3) is 0 Å². The van der Waals surface area contributed by atoms with E-state index >= 15 is 0 Å². The Morgan fingerprint density at radius 3 is 2.50 bits per heavy atom. The van der Waals surface area contributed by atoms with Crippen molar-refractivity contribution < 1.29 is 18.7 Å². The number of ether oxygens (including phenoxy) is 2. The number of morpholine rings is 2. The van der Waals surface area contributed by atoms with Crippen molar-refractivity contribution in [2.75, 3.05) is 69.5 Å². The quantitative estimate of drug-likeness (QED) is 0.276. The Balaban J connectivity index is 1.29. The number of carbonyl (C=O) groups excluding carboxylic acids is 1. The molecule has 0 radical (unpaired) electrons. The Kier molecular flexibility index (Phi) is 7.19. The van der Waals surface area contributed by atoms with Crippen LogP contribution >= 0.6 is 11.3 Å². The maximum absolute atomic E-state index is 13.3. The Morgan fingerprint density at radius 1 is 0.929 bits per heavy atom. The molecule has 0 saturated carbocycles. The molecule has 2 aliphatic rings. The number of carbonyl (C=O) groups is 1. The molecule has 2 fully saturated rings. The van der Waals surface area contributed by atoms with Crippen LogP contribution in [0.25, 0.3) is 42.3 Å². The molecule has 7 rings (SSSR count). The van der Waals surface area contributed by atoms with Crippen LogP contribution in [0, 0.1) is 0 Å². The normalized spacial score (nSPS) is 18.2. The summed E-state index contributed by atoms with van der Waals surface area (Å²) < 4.78 is 19.8. The monoisotopic (exact) mass is 583 g/mol. The Bertz CT molecular complexity index is 1860. The van der Waals surface area contributed by atoms with Crippen molar-refractivity contribution in [2.24, 2.45) is 0 Å². The molecule has 5 aromatic rings. The molecule has 2 aromatic heterocycles. The Hall–Kier alpha value is -3.76. The topological polar surface area (TPSA) is 75.5 Å². The number of hydrogen-bond donors (Lipinski definition) is 0. The minimum absolute atomic E-state index is 0.0512. The third-order valence-corrected chi connectivity index (χ3v) is 9.61. The van der Waals surface area contributed by atoms with Crippen molar-refractivity contribution >= 4 is 60.0 Å². The first kappa shape index (κ1) is 27.1. The molecule has 0 aliphatic carbocycles. The number of rotatable bonds is 5. The molecule has 0 bridgehead atoms. The zero-order valence-electron chi connectivity index (χ0n) is 23.8. The van der Waals surface area contributed by atoms with Crippen LogP contribution in [0.2, 0.25) is 0 Å². The van der Waals surface area contributed by atoms with Gasteiger partial charge < -0.3 is 23.7 Å². The molecule has 1 amide bonds. The van der Waals surface area contributed by atoms with Crippen LogP contribution in [0.1, 0.15) is 6.92 Å². The van der Waals surface area contributed by atoms with Gasteiger partial charge in [-0.05, 0) is 31.2 Å². The summed E-state index contributed by atoms with van der Waals surface area (Å²) in [7, 11) is 1.84. The molecule has 0 N–H and O–H groups in total. The number of anilines is 2. The van der Waals surface area contributed by atoms with Crippen LogP contribution < -0.4 is 15.2 Å². The highest BCUT2D eigenvalue weighted by atomic mass is 32.1. The van der Waals surface area contributed by atoms with E-state index in [0.29, 0.717) is 56.4 Å². The highest BCUT2D eigenvalue weighted by Crippen LogP contribution is 2.43. The number of fused-ring (bicyclic) bond motifs is 4. The minimum Gasteiger partial charge on any atom is -0.440 e. The first-order chi connectivity index (χ1) is 20.5. The van der Waals surface area contributed by atoms with E-state index in [2.05, 4.69) is 47.1 Å². The summed E-state index contributed by atoms with van der Waals surface area (Å²) in [6.07, 6.45) is 0. The van der Waals surface area contributed by atoms with Crippen molar-refractivity contribution in [1.82, 2.24) is 4.90 Å². The van der Waals surface area contributed by atoms with Crippen molar-refractivity contribution in [3.05, 3.63) is 70.9 Å². The number of likely N-dealkylation sites (N-methyl/N-ethyl adjacent to an activating group) is 1. The molecule has 0 spiro atoms. The standard InChI is InChI=1S/C33H33N3O5S/c1-21-20-40-16-13-36(21)31-18-28(37)26-8-3-5-23(32(26)41-31)24-6-4-7-25-27-17-22(9-10-29(27)42-33(24)25)34(2)30(38)19-35-11-14-39-15-12-35/h3-10,17-18,21H,11-16,19-20H2,1-2H3. The van der Waals surface area contributed by atoms with Gasteiger partial charge in [-0.3, -0.25) is 14.5 Å². The maximum Gasteiger partial charge on any atom is 0.240 e. The van der Waals surface area contributed by atoms with Gasteiger partial charge in [0.05, 0.1) is 44.4 Å². The number of benzene rings is 3. The number of amides is 1. The third-order valence-electron chi connectivity index (χ3n) is 8.39. The molecule has 2 aliphatic heterocycles. The van der Waals surface area contributed by atoms with Gasteiger partial charge in [0.15, 0.2) is 11.3 Å². The number of hydrogen-bond acceptors (Lipinski definition) is 8.